The Balaban J connectivity index is 1.59. The van der Waals surface area contributed by atoms with Crippen LogP contribution in [0, 0.1) is 0 Å². The summed E-state index contributed by atoms with van der Waals surface area (Å²) < 4.78 is 1.86. The van der Waals surface area contributed by atoms with Gasteiger partial charge in [-0.1, -0.05) is 12.1 Å². The van der Waals surface area contributed by atoms with Gasteiger partial charge in [0.15, 0.2) is 11.5 Å². The van der Waals surface area contributed by atoms with E-state index >= 15 is 0 Å². The second kappa shape index (κ2) is 5.00. The number of benzene rings is 1. The molecule has 3 heterocycles. The summed E-state index contributed by atoms with van der Waals surface area (Å²) in [6.07, 6.45) is 3.71. The second-order valence-corrected chi connectivity index (χ2v) is 4.97. The van der Waals surface area contributed by atoms with Crippen LogP contribution >= 0.6 is 0 Å². The van der Waals surface area contributed by atoms with Gasteiger partial charge < -0.3 is 10.3 Å². The smallest absolute Gasteiger partial charge is 0.252 e. The highest BCUT2D eigenvalue weighted by Gasteiger charge is 2.11. The van der Waals surface area contributed by atoms with Gasteiger partial charge in [0.1, 0.15) is 0 Å². The van der Waals surface area contributed by atoms with Crippen LogP contribution in [0.15, 0.2) is 54.9 Å². The molecule has 0 spiro atoms. The zero-order valence-electron chi connectivity index (χ0n) is 11.7. The third kappa shape index (κ3) is 2.01. The van der Waals surface area contributed by atoms with E-state index in [2.05, 4.69) is 20.5 Å². The molecule has 0 bridgehead atoms. The summed E-state index contributed by atoms with van der Waals surface area (Å²) >= 11 is 0. The van der Waals surface area contributed by atoms with Crippen molar-refractivity contribution in [1.82, 2.24) is 24.9 Å². The van der Waals surface area contributed by atoms with Gasteiger partial charge >= 0.3 is 0 Å². The summed E-state index contributed by atoms with van der Waals surface area (Å²) in [4.78, 5) is 15.5. The molecule has 6 heteroatoms. The van der Waals surface area contributed by atoms with E-state index in [4.69, 9.17) is 0 Å². The van der Waals surface area contributed by atoms with E-state index in [0.717, 1.165) is 16.6 Å². The molecule has 1 aromatic carbocycles. The molecule has 0 saturated carbocycles. The lowest BCUT2D eigenvalue weighted by molar-refractivity contribution is 0.0951. The first kappa shape index (κ1) is 12.6. The minimum atomic E-state index is -0.127. The number of amides is 1. The topological polar surface area (TPSA) is 75.1 Å². The largest absolute Gasteiger partial charge is 0.361 e. The van der Waals surface area contributed by atoms with Crippen molar-refractivity contribution in [2.45, 2.75) is 6.54 Å². The minimum Gasteiger partial charge on any atom is -0.361 e. The van der Waals surface area contributed by atoms with Gasteiger partial charge in [0.2, 0.25) is 0 Å². The van der Waals surface area contributed by atoms with E-state index in [1.54, 1.807) is 0 Å². The molecule has 2 N–H and O–H groups in total. The summed E-state index contributed by atoms with van der Waals surface area (Å²) in [6.45, 7) is 0.324. The van der Waals surface area contributed by atoms with Crippen LogP contribution in [0.1, 0.15) is 16.2 Å². The lowest BCUT2D eigenvalue weighted by Gasteiger charge is -2.05. The van der Waals surface area contributed by atoms with Crippen LogP contribution in [0.4, 0.5) is 0 Å². The SMILES string of the molecule is O=C(NCc1nnc2ccccn12)c1cccc2[nH]ccc12. The number of aromatic nitrogens is 4. The van der Waals surface area contributed by atoms with Gasteiger partial charge in [-0.05, 0) is 30.3 Å². The summed E-state index contributed by atoms with van der Waals surface area (Å²) in [6, 6.07) is 13.2. The maximum absolute atomic E-state index is 12.4. The highest BCUT2D eigenvalue weighted by molar-refractivity contribution is 6.06. The van der Waals surface area contributed by atoms with Crippen molar-refractivity contribution in [2.24, 2.45) is 0 Å². The number of nitrogens with zero attached hydrogens (tertiary/aromatic N) is 3. The minimum absolute atomic E-state index is 0.127. The fraction of sp³-hybridized carbons (Fsp3) is 0.0625. The van der Waals surface area contributed by atoms with Gasteiger partial charge in [-0.15, -0.1) is 10.2 Å². The van der Waals surface area contributed by atoms with Gasteiger partial charge in [0.25, 0.3) is 5.91 Å². The zero-order valence-corrected chi connectivity index (χ0v) is 11.7. The molecule has 3 aromatic heterocycles. The van der Waals surface area contributed by atoms with Crippen LogP contribution in [0.5, 0.6) is 0 Å². The number of aromatic amines is 1. The van der Waals surface area contributed by atoms with E-state index in [1.807, 2.05) is 59.3 Å². The van der Waals surface area contributed by atoms with Gasteiger partial charge in [-0.3, -0.25) is 9.20 Å². The Kier molecular flexibility index (Phi) is 2.86. The highest BCUT2D eigenvalue weighted by Crippen LogP contribution is 2.17. The molecular formula is C16H13N5O. The molecule has 108 valence electrons. The standard InChI is InChI=1S/C16H13N5O/c22-16(12-4-3-5-13-11(12)7-8-17-13)18-10-15-20-19-14-6-1-2-9-21(14)15/h1-9,17H,10H2,(H,18,22). The molecule has 0 radical (unpaired) electrons. The van der Waals surface area contributed by atoms with Crippen molar-refractivity contribution in [2.75, 3.05) is 0 Å². The molecule has 1 amide bonds. The molecule has 4 aromatic rings. The van der Waals surface area contributed by atoms with Crippen molar-refractivity contribution >= 4 is 22.5 Å². The van der Waals surface area contributed by atoms with E-state index in [1.165, 1.54) is 0 Å². The summed E-state index contributed by atoms with van der Waals surface area (Å²) in [5.74, 6) is 0.572. The maximum atomic E-state index is 12.4. The average Bonchev–Trinajstić information content (AvgIpc) is 3.19. The molecular weight excluding hydrogens is 278 g/mol. The Labute approximate surface area is 125 Å². The first-order valence-corrected chi connectivity index (χ1v) is 6.96. The van der Waals surface area contributed by atoms with Crippen LogP contribution < -0.4 is 5.32 Å². The Hall–Kier alpha value is -3.15. The van der Waals surface area contributed by atoms with Crippen LogP contribution in [-0.4, -0.2) is 25.5 Å². The van der Waals surface area contributed by atoms with E-state index in [9.17, 15) is 4.79 Å². The van der Waals surface area contributed by atoms with Crippen molar-refractivity contribution in [3.63, 3.8) is 0 Å². The van der Waals surface area contributed by atoms with Crippen molar-refractivity contribution in [3.8, 4) is 0 Å². The van der Waals surface area contributed by atoms with E-state index < -0.39 is 0 Å². The molecule has 0 atom stereocenters. The zero-order chi connectivity index (χ0) is 14.9. The predicted molar refractivity (Wildman–Crippen MR) is 82.5 cm³/mol. The summed E-state index contributed by atoms with van der Waals surface area (Å²) in [5, 5.41) is 12.0. The van der Waals surface area contributed by atoms with E-state index in [0.29, 0.717) is 17.9 Å². The number of hydrogen-bond donors (Lipinski definition) is 2. The van der Waals surface area contributed by atoms with Crippen LogP contribution in [-0.2, 0) is 6.54 Å². The Bertz CT molecular complexity index is 969. The van der Waals surface area contributed by atoms with Crippen LogP contribution in [0.25, 0.3) is 16.6 Å². The van der Waals surface area contributed by atoms with Gasteiger partial charge in [0.05, 0.1) is 6.54 Å². The van der Waals surface area contributed by atoms with Crippen LogP contribution in [0.2, 0.25) is 0 Å². The molecule has 0 saturated heterocycles. The fourth-order valence-electron chi connectivity index (χ4n) is 2.55. The second-order valence-electron chi connectivity index (χ2n) is 4.97. The molecule has 22 heavy (non-hydrogen) atoms. The molecule has 0 fully saturated rings. The molecule has 0 aliphatic heterocycles. The number of hydrogen-bond acceptors (Lipinski definition) is 3. The molecule has 0 unspecified atom stereocenters. The quantitative estimate of drug-likeness (QED) is 0.607. The van der Waals surface area contributed by atoms with Gasteiger partial charge in [0, 0.05) is 28.9 Å². The van der Waals surface area contributed by atoms with Crippen molar-refractivity contribution in [3.05, 3.63) is 66.2 Å². The number of carbonyl (C=O) groups excluding carboxylic acids is 1. The van der Waals surface area contributed by atoms with Gasteiger partial charge in [-0.2, -0.15) is 0 Å². The molecule has 0 aliphatic rings. The number of carbonyl (C=O) groups is 1. The Morgan fingerprint density at radius 3 is 3.05 bits per heavy atom. The molecule has 4 rings (SSSR count). The lowest BCUT2D eigenvalue weighted by atomic mass is 10.1. The van der Waals surface area contributed by atoms with E-state index in [-0.39, 0.29) is 5.91 Å². The highest BCUT2D eigenvalue weighted by atomic mass is 16.1. The summed E-state index contributed by atoms with van der Waals surface area (Å²) in [5.41, 5.74) is 2.35. The number of nitrogens with one attached hydrogen (secondary N) is 2. The number of H-pyrrole nitrogens is 1. The first-order chi connectivity index (χ1) is 10.8. The monoisotopic (exact) mass is 291 g/mol. The van der Waals surface area contributed by atoms with Crippen LogP contribution in [0.3, 0.4) is 0 Å². The molecule has 0 aliphatic carbocycles. The normalized spacial score (nSPS) is 11.1. The molecule has 6 nitrogen and oxygen atoms in total. The number of fused-ring (bicyclic) bond motifs is 2. The third-order valence-corrected chi connectivity index (χ3v) is 3.63. The van der Waals surface area contributed by atoms with Crippen molar-refractivity contribution in [1.29, 1.82) is 0 Å². The predicted octanol–water partition coefficient (Wildman–Crippen LogP) is 2.14. The van der Waals surface area contributed by atoms with Crippen molar-refractivity contribution < 1.29 is 4.79 Å². The van der Waals surface area contributed by atoms with Gasteiger partial charge in [-0.25, -0.2) is 0 Å². The fourth-order valence-corrected chi connectivity index (χ4v) is 2.55. The number of pyridine rings is 1. The third-order valence-electron chi connectivity index (χ3n) is 3.63. The maximum Gasteiger partial charge on any atom is 0.252 e. The summed E-state index contributed by atoms with van der Waals surface area (Å²) in [7, 11) is 0. The Morgan fingerprint density at radius 1 is 1.14 bits per heavy atom. The average molecular weight is 291 g/mol. The first-order valence-electron chi connectivity index (χ1n) is 6.96. The lowest BCUT2D eigenvalue weighted by Crippen LogP contribution is -2.24. The Morgan fingerprint density at radius 2 is 2.09 bits per heavy atom. The number of rotatable bonds is 3.